The minimum atomic E-state index is 0.591. The fourth-order valence-electron chi connectivity index (χ4n) is 1.34. The van der Waals surface area contributed by atoms with Crippen molar-refractivity contribution >= 4 is 23.0 Å². The summed E-state index contributed by atoms with van der Waals surface area (Å²) in [5.74, 6) is 1.52. The number of rotatable bonds is 2. The molecule has 0 saturated heterocycles. The quantitative estimate of drug-likeness (QED) is 0.745. The smallest absolute Gasteiger partial charge is 0.192 e. The van der Waals surface area contributed by atoms with E-state index >= 15 is 0 Å². The van der Waals surface area contributed by atoms with Crippen molar-refractivity contribution in [2.45, 2.75) is 26.7 Å². The lowest BCUT2D eigenvalue weighted by atomic mass is 9.98. The second-order valence-electron chi connectivity index (χ2n) is 3.25. The minimum Gasteiger partial charge on any atom is -0.428 e. The Labute approximate surface area is 87.8 Å². The maximum atomic E-state index is 5.10. The van der Waals surface area contributed by atoms with Gasteiger partial charge in [0, 0.05) is 0 Å². The summed E-state index contributed by atoms with van der Waals surface area (Å²) in [7, 11) is 0. The van der Waals surface area contributed by atoms with Gasteiger partial charge in [0.1, 0.15) is 5.75 Å². The van der Waals surface area contributed by atoms with Gasteiger partial charge in [0.05, 0.1) is 0 Å². The van der Waals surface area contributed by atoms with Crippen LogP contribution in [0, 0.1) is 6.92 Å². The van der Waals surface area contributed by atoms with Crippen LogP contribution < -0.4 is 3.07 Å². The van der Waals surface area contributed by atoms with Crippen molar-refractivity contribution in [3.05, 3.63) is 29.3 Å². The largest absolute Gasteiger partial charge is 0.428 e. The summed E-state index contributed by atoms with van der Waals surface area (Å²) < 4.78 is 5.10. The summed E-state index contributed by atoms with van der Waals surface area (Å²) in [6, 6.07) is 6.21. The maximum absolute atomic E-state index is 5.10. The third kappa shape index (κ3) is 2.12. The predicted molar refractivity (Wildman–Crippen MR) is 59.9 cm³/mol. The van der Waals surface area contributed by atoms with E-state index in [-0.39, 0.29) is 0 Å². The van der Waals surface area contributed by atoms with Crippen LogP contribution in [0.4, 0.5) is 0 Å². The first-order valence-electron chi connectivity index (χ1n) is 4.04. The highest BCUT2D eigenvalue weighted by molar-refractivity contribution is 14.1. The van der Waals surface area contributed by atoms with E-state index in [2.05, 4.69) is 32.9 Å². The van der Waals surface area contributed by atoms with Gasteiger partial charge in [-0.05, 0) is 36.1 Å². The molecule has 66 valence electrons. The number of hydrogen-bond donors (Lipinski definition) is 0. The molecule has 0 aliphatic carbocycles. The standard InChI is InChI=1S/C10H13IO/c1-7(2)10-5-4-9(12-11)6-8(10)3/h4-7H,1-3H3. The van der Waals surface area contributed by atoms with E-state index in [1.54, 1.807) is 0 Å². The van der Waals surface area contributed by atoms with Gasteiger partial charge in [-0.25, -0.2) is 0 Å². The molecule has 0 radical (unpaired) electrons. The van der Waals surface area contributed by atoms with Gasteiger partial charge in [0.15, 0.2) is 23.0 Å². The molecular formula is C10H13IO. The van der Waals surface area contributed by atoms with E-state index in [1.807, 2.05) is 29.1 Å². The van der Waals surface area contributed by atoms with Crippen LogP contribution in [0.5, 0.6) is 5.75 Å². The minimum absolute atomic E-state index is 0.591. The Hall–Kier alpha value is -0.250. The molecule has 0 N–H and O–H groups in total. The zero-order valence-electron chi connectivity index (χ0n) is 7.60. The fraction of sp³-hybridized carbons (Fsp3) is 0.400. The number of benzene rings is 1. The van der Waals surface area contributed by atoms with Crippen LogP contribution >= 0.6 is 23.0 Å². The summed E-state index contributed by atoms with van der Waals surface area (Å²) in [5.41, 5.74) is 2.70. The maximum Gasteiger partial charge on any atom is 0.192 e. The highest BCUT2D eigenvalue weighted by Gasteiger charge is 2.03. The lowest BCUT2D eigenvalue weighted by Gasteiger charge is -2.09. The van der Waals surface area contributed by atoms with Gasteiger partial charge in [0.25, 0.3) is 0 Å². The summed E-state index contributed by atoms with van der Waals surface area (Å²) in [6.07, 6.45) is 0. The van der Waals surface area contributed by atoms with Crippen LogP contribution in [-0.4, -0.2) is 0 Å². The molecule has 2 heteroatoms. The molecule has 0 aliphatic rings. The van der Waals surface area contributed by atoms with Crippen molar-refractivity contribution < 1.29 is 3.07 Å². The van der Waals surface area contributed by atoms with Gasteiger partial charge in [-0.1, -0.05) is 19.9 Å². The van der Waals surface area contributed by atoms with Crippen molar-refractivity contribution in [1.29, 1.82) is 0 Å². The summed E-state index contributed by atoms with van der Waals surface area (Å²) in [4.78, 5) is 0. The molecule has 0 aromatic heterocycles. The van der Waals surface area contributed by atoms with Crippen LogP contribution in [0.1, 0.15) is 30.9 Å². The summed E-state index contributed by atoms with van der Waals surface area (Å²) in [5, 5.41) is 0. The lowest BCUT2D eigenvalue weighted by Crippen LogP contribution is -1.91. The van der Waals surface area contributed by atoms with Crippen molar-refractivity contribution in [3.8, 4) is 5.75 Å². The Kier molecular flexibility index (Phi) is 3.38. The molecule has 0 bridgehead atoms. The molecular weight excluding hydrogens is 263 g/mol. The highest BCUT2D eigenvalue weighted by atomic mass is 127. The zero-order valence-corrected chi connectivity index (χ0v) is 9.75. The zero-order chi connectivity index (χ0) is 9.14. The second-order valence-corrected chi connectivity index (χ2v) is 3.69. The molecule has 1 aromatic carbocycles. The molecule has 0 heterocycles. The van der Waals surface area contributed by atoms with E-state index in [0.717, 1.165) is 5.75 Å². The van der Waals surface area contributed by atoms with Crippen LogP contribution in [0.25, 0.3) is 0 Å². The number of halogens is 1. The van der Waals surface area contributed by atoms with Crippen molar-refractivity contribution in [2.24, 2.45) is 0 Å². The molecule has 0 spiro atoms. The monoisotopic (exact) mass is 276 g/mol. The van der Waals surface area contributed by atoms with E-state index < -0.39 is 0 Å². The third-order valence-corrected chi connectivity index (χ3v) is 2.46. The molecule has 0 amide bonds. The van der Waals surface area contributed by atoms with Crippen molar-refractivity contribution in [1.82, 2.24) is 0 Å². The van der Waals surface area contributed by atoms with Gasteiger partial charge in [-0.3, -0.25) is 0 Å². The van der Waals surface area contributed by atoms with Gasteiger partial charge >= 0.3 is 0 Å². The van der Waals surface area contributed by atoms with Gasteiger partial charge in [0.2, 0.25) is 0 Å². The van der Waals surface area contributed by atoms with Gasteiger partial charge in [-0.15, -0.1) is 0 Å². The van der Waals surface area contributed by atoms with E-state index in [1.165, 1.54) is 11.1 Å². The van der Waals surface area contributed by atoms with E-state index in [9.17, 15) is 0 Å². The third-order valence-electron chi connectivity index (χ3n) is 1.95. The molecule has 0 unspecified atom stereocenters. The Morgan fingerprint density at radius 1 is 1.33 bits per heavy atom. The lowest BCUT2D eigenvalue weighted by molar-refractivity contribution is 0.713. The van der Waals surface area contributed by atoms with Crippen molar-refractivity contribution in [3.63, 3.8) is 0 Å². The summed E-state index contributed by atoms with van der Waals surface area (Å²) in [6.45, 7) is 6.52. The second kappa shape index (κ2) is 4.12. The number of aryl methyl sites for hydroxylation is 1. The predicted octanol–water partition coefficient (Wildman–Crippen LogP) is 3.85. The first kappa shape index (κ1) is 9.84. The molecule has 1 nitrogen and oxygen atoms in total. The van der Waals surface area contributed by atoms with Crippen molar-refractivity contribution in [2.75, 3.05) is 0 Å². The Bertz CT molecular complexity index is 269. The first-order chi connectivity index (χ1) is 5.65. The highest BCUT2D eigenvalue weighted by Crippen LogP contribution is 2.24. The fourth-order valence-corrected chi connectivity index (χ4v) is 1.62. The molecule has 0 aliphatic heterocycles. The Morgan fingerprint density at radius 2 is 2.00 bits per heavy atom. The van der Waals surface area contributed by atoms with Crippen LogP contribution in [0.15, 0.2) is 18.2 Å². The molecule has 0 saturated carbocycles. The molecule has 1 rings (SSSR count). The average Bonchev–Trinajstić information content (AvgIpc) is 2.03. The van der Waals surface area contributed by atoms with Gasteiger partial charge in [-0.2, -0.15) is 0 Å². The molecule has 12 heavy (non-hydrogen) atoms. The summed E-state index contributed by atoms with van der Waals surface area (Å²) >= 11 is 1.90. The molecule has 0 atom stereocenters. The molecule has 0 fully saturated rings. The van der Waals surface area contributed by atoms with Crippen LogP contribution in [0.2, 0.25) is 0 Å². The van der Waals surface area contributed by atoms with Crippen LogP contribution in [-0.2, 0) is 0 Å². The Balaban J connectivity index is 3.03. The number of hydrogen-bond acceptors (Lipinski definition) is 1. The average molecular weight is 276 g/mol. The topological polar surface area (TPSA) is 9.23 Å². The Morgan fingerprint density at radius 3 is 2.42 bits per heavy atom. The normalized spacial score (nSPS) is 10.4. The molecule has 1 aromatic rings. The van der Waals surface area contributed by atoms with Gasteiger partial charge < -0.3 is 3.07 Å². The first-order valence-corrected chi connectivity index (χ1v) is 4.92. The van der Waals surface area contributed by atoms with E-state index in [4.69, 9.17) is 3.07 Å². The van der Waals surface area contributed by atoms with E-state index in [0.29, 0.717) is 5.92 Å². The SMILES string of the molecule is Cc1cc(OI)ccc1C(C)C. The van der Waals surface area contributed by atoms with Crippen LogP contribution in [0.3, 0.4) is 0 Å².